The number of rotatable bonds is 4. The first kappa shape index (κ1) is 12.5. The molecule has 1 aliphatic rings. The predicted octanol–water partition coefficient (Wildman–Crippen LogP) is 3.29. The largest absolute Gasteiger partial charge is 0.285 e. The van der Waals surface area contributed by atoms with E-state index in [9.17, 15) is 4.79 Å². The topological polar surface area (TPSA) is 46.1 Å². The minimum absolute atomic E-state index is 0.0762. The lowest BCUT2D eigenvalue weighted by Gasteiger charge is -2.16. The van der Waals surface area contributed by atoms with E-state index in [-0.39, 0.29) is 5.91 Å². The molecule has 0 radical (unpaired) electrons. The molecule has 3 rings (SSSR count). The van der Waals surface area contributed by atoms with Crippen molar-refractivity contribution in [3.63, 3.8) is 0 Å². The number of hydrogen-bond donors (Lipinski definition) is 0. The zero-order valence-corrected chi connectivity index (χ0v) is 12.1. The molecule has 98 valence electrons. The first-order valence-corrected chi connectivity index (χ1v) is 7.83. The van der Waals surface area contributed by atoms with Crippen LogP contribution in [0.25, 0.3) is 12.2 Å². The SMILES string of the molecule is CC(=O)N(c1nc(/C=C/c2nccs2)cs1)C1CC1. The third kappa shape index (κ3) is 2.90. The molecule has 1 saturated carbocycles. The first-order chi connectivity index (χ1) is 9.24. The van der Waals surface area contributed by atoms with Crippen LogP contribution in [-0.4, -0.2) is 21.9 Å². The fraction of sp³-hybridized carbons (Fsp3) is 0.308. The van der Waals surface area contributed by atoms with Crippen LogP contribution < -0.4 is 4.90 Å². The maximum absolute atomic E-state index is 11.6. The molecule has 2 aromatic heterocycles. The maximum atomic E-state index is 11.6. The average molecular weight is 291 g/mol. The van der Waals surface area contributed by atoms with Crippen LogP contribution in [0, 0.1) is 0 Å². The summed E-state index contributed by atoms with van der Waals surface area (Å²) in [5.74, 6) is 0.0762. The van der Waals surface area contributed by atoms with Crippen molar-refractivity contribution in [2.45, 2.75) is 25.8 Å². The van der Waals surface area contributed by atoms with Crippen LogP contribution in [0.15, 0.2) is 17.0 Å². The molecule has 1 fully saturated rings. The quantitative estimate of drug-likeness (QED) is 0.868. The van der Waals surface area contributed by atoms with Crippen molar-refractivity contribution < 1.29 is 4.79 Å². The zero-order chi connectivity index (χ0) is 13.2. The van der Waals surface area contributed by atoms with Gasteiger partial charge >= 0.3 is 0 Å². The van der Waals surface area contributed by atoms with Crippen molar-refractivity contribution in [2.24, 2.45) is 0 Å². The van der Waals surface area contributed by atoms with Gasteiger partial charge in [0, 0.05) is 29.9 Å². The zero-order valence-electron chi connectivity index (χ0n) is 10.4. The Morgan fingerprint density at radius 1 is 1.42 bits per heavy atom. The van der Waals surface area contributed by atoms with Gasteiger partial charge in [0.05, 0.1) is 5.69 Å². The summed E-state index contributed by atoms with van der Waals surface area (Å²) in [5, 5.41) is 5.67. The van der Waals surface area contributed by atoms with Crippen LogP contribution in [0.3, 0.4) is 0 Å². The molecule has 2 heterocycles. The molecular weight excluding hydrogens is 278 g/mol. The molecule has 4 nitrogen and oxygen atoms in total. The van der Waals surface area contributed by atoms with Crippen molar-refractivity contribution >= 4 is 45.9 Å². The summed E-state index contributed by atoms with van der Waals surface area (Å²) in [6.07, 6.45) is 7.83. The van der Waals surface area contributed by atoms with Gasteiger partial charge in [0.1, 0.15) is 5.01 Å². The molecule has 0 saturated heterocycles. The van der Waals surface area contributed by atoms with Gasteiger partial charge in [0.2, 0.25) is 5.91 Å². The molecule has 1 aliphatic carbocycles. The van der Waals surface area contributed by atoms with Crippen LogP contribution in [0.4, 0.5) is 5.13 Å². The van der Waals surface area contributed by atoms with Gasteiger partial charge in [-0.2, -0.15) is 0 Å². The van der Waals surface area contributed by atoms with Gasteiger partial charge in [-0.1, -0.05) is 0 Å². The van der Waals surface area contributed by atoms with E-state index >= 15 is 0 Å². The maximum Gasteiger partial charge on any atom is 0.225 e. The molecule has 6 heteroatoms. The summed E-state index contributed by atoms with van der Waals surface area (Å²) < 4.78 is 0. The third-order valence-electron chi connectivity index (χ3n) is 2.82. The number of carbonyl (C=O) groups is 1. The second-order valence-electron chi connectivity index (χ2n) is 4.38. The Morgan fingerprint density at radius 3 is 2.89 bits per heavy atom. The Labute approximate surface area is 119 Å². The van der Waals surface area contributed by atoms with Gasteiger partial charge in [-0.25, -0.2) is 9.97 Å². The van der Waals surface area contributed by atoms with E-state index in [4.69, 9.17) is 0 Å². The average Bonchev–Trinajstić information content (AvgIpc) is 2.91. The van der Waals surface area contributed by atoms with Gasteiger partial charge in [-0.15, -0.1) is 22.7 Å². The minimum Gasteiger partial charge on any atom is -0.285 e. The molecule has 0 aliphatic heterocycles. The standard InChI is InChI=1S/C13H13N3OS2/c1-9(17)16(11-3-4-11)13-15-10(8-19-13)2-5-12-14-6-7-18-12/h2,5-8,11H,3-4H2,1H3/b5-2+. The van der Waals surface area contributed by atoms with E-state index in [0.29, 0.717) is 6.04 Å². The summed E-state index contributed by atoms with van der Waals surface area (Å²) in [6, 6.07) is 0.361. The van der Waals surface area contributed by atoms with Gasteiger partial charge in [0.25, 0.3) is 0 Å². The lowest BCUT2D eigenvalue weighted by Crippen LogP contribution is -2.30. The number of nitrogens with zero attached hydrogens (tertiary/aromatic N) is 3. The first-order valence-electron chi connectivity index (χ1n) is 6.07. The Balaban J connectivity index is 1.77. The van der Waals surface area contributed by atoms with E-state index in [0.717, 1.165) is 28.7 Å². The van der Waals surface area contributed by atoms with Gasteiger partial charge in [-0.3, -0.25) is 9.69 Å². The second-order valence-corrected chi connectivity index (χ2v) is 6.14. The Morgan fingerprint density at radius 2 is 2.26 bits per heavy atom. The summed E-state index contributed by atoms with van der Waals surface area (Å²) in [5.41, 5.74) is 0.877. The molecule has 0 atom stereocenters. The number of amides is 1. The summed E-state index contributed by atoms with van der Waals surface area (Å²) >= 11 is 3.11. The summed E-state index contributed by atoms with van der Waals surface area (Å²) in [7, 11) is 0. The lowest BCUT2D eigenvalue weighted by atomic mass is 10.4. The van der Waals surface area contributed by atoms with E-state index in [2.05, 4.69) is 9.97 Å². The highest BCUT2D eigenvalue weighted by atomic mass is 32.1. The third-order valence-corrected chi connectivity index (χ3v) is 4.41. The Hall–Kier alpha value is -1.53. The van der Waals surface area contributed by atoms with E-state index in [1.54, 1.807) is 24.5 Å². The lowest BCUT2D eigenvalue weighted by molar-refractivity contribution is -0.116. The normalized spacial score (nSPS) is 15.0. The van der Waals surface area contributed by atoms with Gasteiger partial charge in [-0.05, 0) is 25.0 Å². The molecule has 1 amide bonds. The van der Waals surface area contributed by atoms with Gasteiger partial charge < -0.3 is 0 Å². The van der Waals surface area contributed by atoms with Crippen LogP contribution in [0.5, 0.6) is 0 Å². The molecule has 0 unspecified atom stereocenters. The summed E-state index contributed by atoms with van der Waals surface area (Å²) in [4.78, 5) is 22.1. The minimum atomic E-state index is 0.0762. The molecule has 0 spiro atoms. The molecular formula is C13H13N3OS2. The van der Waals surface area contributed by atoms with Crippen LogP contribution in [0.1, 0.15) is 30.5 Å². The highest BCUT2D eigenvalue weighted by Crippen LogP contribution is 2.33. The highest BCUT2D eigenvalue weighted by molar-refractivity contribution is 7.14. The fourth-order valence-corrected chi connectivity index (χ4v) is 3.25. The highest BCUT2D eigenvalue weighted by Gasteiger charge is 2.33. The van der Waals surface area contributed by atoms with E-state index in [1.807, 2.05) is 27.8 Å². The number of carbonyl (C=O) groups excluding carboxylic acids is 1. The Bertz CT molecular complexity index is 599. The molecule has 2 aromatic rings. The molecule has 0 aromatic carbocycles. The fourth-order valence-electron chi connectivity index (χ4n) is 1.82. The van der Waals surface area contributed by atoms with Crippen LogP contribution in [0.2, 0.25) is 0 Å². The van der Waals surface area contributed by atoms with Crippen molar-refractivity contribution in [2.75, 3.05) is 4.90 Å². The van der Waals surface area contributed by atoms with Crippen molar-refractivity contribution in [3.8, 4) is 0 Å². The molecule has 0 N–H and O–H groups in total. The van der Waals surface area contributed by atoms with Crippen molar-refractivity contribution in [3.05, 3.63) is 27.7 Å². The smallest absolute Gasteiger partial charge is 0.225 e. The van der Waals surface area contributed by atoms with Crippen molar-refractivity contribution in [1.29, 1.82) is 0 Å². The van der Waals surface area contributed by atoms with E-state index in [1.165, 1.54) is 11.3 Å². The summed E-state index contributed by atoms with van der Waals surface area (Å²) in [6.45, 7) is 1.60. The van der Waals surface area contributed by atoms with Crippen molar-refractivity contribution in [1.82, 2.24) is 9.97 Å². The monoisotopic (exact) mass is 291 g/mol. The van der Waals surface area contributed by atoms with E-state index < -0.39 is 0 Å². The molecule has 19 heavy (non-hydrogen) atoms. The number of aromatic nitrogens is 2. The van der Waals surface area contributed by atoms with Gasteiger partial charge in [0.15, 0.2) is 5.13 Å². The van der Waals surface area contributed by atoms with Crippen LogP contribution >= 0.6 is 22.7 Å². The number of hydrogen-bond acceptors (Lipinski definition) is 5. The second kappa shape index (κ2) is 5.22. The van der Waals surface area contributed by atoms with Crippen LogP contribution in [-0.2, 0) is 4.79 Å². The number of anilines is 1. The predicted molar refractivity (Wildman–Crippen MR) is 79.3 cm³/mol. The number of thiazole rings is 2. The molecule has 0 bridgehead atoms. The Kier molecular flexibility index (Phi) is 3.44.